The maximum Gasteiger partial charge on any atom is 0.338 e. The van der Waals surface area contributed by atoms with Crippen LogP contribution in [0.25, 0.3) is 10.8 Å². The van der Waals surface area contributed by atoms with Crippen molar-refractivity contribution in [2.24, 2.45) is 0 Å². The highest BCUT2D eigenvalue weighted by molar-refractivity contribution is 5.90. The number of carbonyl (C=O) groups excluding carboxylic acids is 1. The summed E-state index contributed by atoms with van der Waals surface area (Å²) < 4.78 is 5.37. The van der Waals surface area contributed by atoms with E-state index in [4.69, 9.17) is 4.74 Å². The molecule has 0 N–H and O–H groups in total. The molecule has 5 nitrogen and oxygen atoms in total. The molecule has 0 bridgehead atoms. The maximum absolute atomic E-state index is 12.2. The van der Waals surface area contributed by atoms with Crippen molar-refractivity contribution in [3.05, 3.63) is 87.5 Å². The van der Waals surface area contributed by atoms with Crippen LogP contribution in [0, 0.1) is 17.0 Å². The number of benzene rings is 3. The smallest absolute Gasteiger partial charge is 0.338 e. The molecule has 3 aromatic rings. The van der Waals surface area contributed by atoms with Gasteiger partial charge in [0.25, 0.3) is 5.69 Å². The van der Waals surface area contributed by atoms with Crippen LogP contribution in [0.4, 0.5) is 5.69 Å². The number of rotatable bonds is 4. The van der Waals surface area contributed by atoms with Gasteiger partial charge in [-0.25, -0.2) is 4.79 Å². The lowest BCUT2D eigenvalue weighted by atomic mass is 10.1. The fourth-order valence-corrected chi connectivity index (χ4v) is 2.63. The number of nitrogens with zero attached hydrogens (tertiary/aromatic N) is 1. The van der Waals surface area contributed by atoms with Gasteiger partial charge >= 0.3 is 5.97 Å². The van der Waals surface area contributed by atoms with E-state index >= 15 is 0 Å². The average Bonchev–Trinajstić information content (AvgIpc) is 2.59. The van der Waals surface area contributed by atoms with E-state index in [2.05, 4.69) is 0 Å². The van der Waals surface area contributed by atoms with E-state index in [1.54, 1.807) is 6.92 Å². The Balaban J connectivity index is 1.78. The molecule has 0 spiro atoms. The summed E-state index contributed by atoms with van der Waals surface area (Å²) in [6.07, 6.45) is 0. The van der Waals surface area contributed by atoms with Crippen molar-refractivity contribution < 1.29 is 14.5 Å². The van der Waals surface area contributed by atoms with Gasteiger partial charge in [-0.3, -0.25) is 10.1 Å². The fraction of sp³-hybridized carbons (Fsp3) is 0.105. The molecule has 120 valence electrons. The Morgan fingerprint density at radius 3 is 2.58 bits per heavy atom. The molecule has 3 aromatic carbocycles. The Labute approximate surface area is 138 Å². The van der Waals surface area contributed by atoms with Crippen molar-refractivity contribution >= 4 is 22.4 Å². The summed E-state index contributed by atoms with van der Waals surface area (Å²) in [4.78, 5) is 22.6. The van der Waals surface area contributed by atoms with Gasteiger partial charge < -0.3 is 4.74 Å². The molecule has 0 aliphatic carbocycles. The van der Waals surface area contributed by atoms with Gasteiger partial charge in [0.2, 0.25) is 0 Å². The number of hydrogen-bond donors (Lipinski definition) is 0. The Bertz CT molecular complexity index is 928. The van der Waals surface area contributed by atoms with Crippen LogP contribution in [0.1, 0.15) is 21.5 Å². The Kier molecular flexibility index (Phi) is 4.24. The number of carbonyl (C=O) groups is 1. The lowest BCUT2D eigenvalue weighted by Gasteiger charge is -2.08. The topological polar surface area (TPSA) is 69.4 Å². The molecule has 0 saturated carbocycles. The molecule has 0 unspecified atom stereocenters. The van der Waals surface area contributed by atoms with Gasteiger partial charge in [0.1, 0.15) is 6.61 Å². The third-order valence-electron chi connectivity index (χ3n) is 3.87. The number of nitro benzene ring substituents is 1. The van der Waals surface area contributed by atoms with Crippen LogP contribution in [0.3, 0.4) is 0 Å². The summed E-state index contributed by atoms with van der Waals surface area (Å²) in [5.41, 5.74) is 1.64. The highest BCUT2D eigenvalue weighted by atomic mass is 16.6. The van der Waals surface area contributed by atoms with Crippen molar-refractivity contribution in [1.82, 2.24) is 0 Å². The van der Waals surface area contributed by atoms with E-state index in [1.165, 1.54) is 18.2 Å². The maximum atomic E-state index is 12.2. The van der Waals surface area contributed by atoms with Gasteiger partial charge in [-0.2, -0.15) is 0 Å². The zero-order valence-electron chi connectivity index (χ0n) is 13.1. The van der Waals surface area contributed by atoms with Gasteiger partial charge in [-0.15, -0.1) is 0 Å². The van der Waals surface area contributed by atoms with Gasteiger partial charge in [-0.1, -0.05) is 42.5 Å². The number of fused-ring (bicyclic) bond motifs is 1. The van der Waals surface area contributed by atoms with E-state index in [0.29, 0.717) is 11.1 Å². The average molecular weight is 321 g/mol. The van der Waals surface area contributed by atoms with E-state index in [-0.39, 0.29) is 12.3 Å². The largest absolute Gasteiger partial charge is 0.457 e. The van der Waals surface area contributed by atoms with Crippen molar-refractivity contribution in [3.63, 3.8) is 0 Å². The second-order valence-electron chi connectivity index (χ2n) is 5.47. The summed E-state index contributed by atoms with van der Waals surface area (Å²) in [5.74, 6) is -0.499. The first-order valence-corrected chi connectivity index (χ1v) is 7.45. The first kappa shape index (κ1) is 15.7. The standard InChI is InChI=1S/C19H15NO4/c1-13-11-15(9-10-18(13)20(22)23)19(21)24-12-16-7-4-6-14-5-2-3-8-17(14)16/h2-11H,12H2,1H3. The van der Waals surface area contributed by atoms with Crippen LogP contribution in [-0.2, 0) is 11.3 Å². The Morgan fingerprint density at radius 1 is 1.08 bits per heavy atom. The predicted molar refractivity (Wildman–Crippen MR) is 90.9 cm³/mol. The third-order valence-corrected chi connectivity index (χ3v) is 3.87. The van der Waals surface area contributed by atoms with Gasteiger partial charge in [-0.05, 0) is 35.4 Å². The molecule has 0 heterocycles. The molecular formula is C19H15NO4. The predicted octanol–water partition coefficient (Wildman–Crippen LogP) is 4.41. The lowest BCUT2D eigenvalue weighted by Crippen LogP contribution is -2.06. The molecule has 0 atom stereocenters. The minimum absolute atomic E-state index is 0.0133. The molecule has 0 aliphatic rings. The fourth-order valence-electron chi connectivity index (χ4n) is 2.63. The summed E-state index contributed by atoms with van der Waals surface area (Å²) in [6, 6.07) is 17.9. The monoisotopic (exact) mass is 321 g/mol. The normalized spacial score (nSPS) is 10.5. The van der Waals surface area contributed by atoms with E-state index in [1.807, 2.05) is 42.5 Å². The van der Waals surface area contributed by atoms with E-state index < -0.39 is 10.9 Å². The van der Waals surface area contributed by atoms with Gasteiger partial charge in [0.05, 0.1) is 10.5 Å². The quantitative estimate of drug-likeness (QED) is 0.405. The number of hydrogen-bond acceptors (Lipinski definition) is 4. The molecule has 0 aliphatic heterocycles. The van der Waals surface area contributed by atoms with E-state index in [9.17, 15) is 14.9 Å². The van der Waals surface area contributed by atoms with Crippen LogP contribution < -0.4 is 0 Å². The van der Waals surface area contributed by atoms with Crippen molar-refractivity contribution in [2.45, 2.75) is 13.5 Å². The second-order valence-corrected chi connectivity index (χ2v) is 5.47. The molecule has 0 saturated heterocycles. The summed E-state index contributed by atoms with van der Waals surface area (Å²) in [6.45, 7) is 1.75. The molecule has 0 aromatic heterocycles. The molecular weight excluding hydrogens is 306 g/mol. The molecule has 5 heteroatoms. The van der Waals surface area contributed by atoms with Crippen LogP contribution in [0.2, 0.25) is 0 Å². The van der Waals surface area contributed by atoms with Crippen molar-refractivity contribution in [3.8, 4) is 0 Å². The second kappa shape index (κ2) is 6.50. The van der Waals surface area contributed by atoms with E-state index in [0.717, 1.165) is 16.3 Å². The highest BCUT2D eigenvalue weighted by Gasteiger charge is 2.15. The molecule has 3 rings (SSSR count). The SMILES string of the molecule is Cc1cc(C(=O)OCc2cccc3ccccc23)ccc1[N+](=O)[O-]. The van der Waals surface area contributed by atoms with Crippen LogP contribution in [0.5, 0.6) is 0 Å². The number of nitro groups is 1. The van der Waals surface area contributed by atoms with Crippen LogP contribution >= 0.6 is 0 Å². The molecule has 0 radical (unpaired) electrons. The summed E-state index contributed by atoms with van der Waals surface area (Å²) in [5, 5.41) is 12.9. The first-order chi connectivity index (χ1) is 11.6. The third kappa shape index (κ3) is 3.10. The molecule has 0 fully saturated rings. The first-order valence-electron chi connectivity index (χ1n) is 7.45. The van der Waals surface area contributed by atoms with Gasteiger partial charge in [0.15, 0.2) is 0 Å². The number of aryl methyl sites for hydroxylation is 1. The zero-order chi connectivity index (χ0) is 17.1. The molecule has 0 amide bonds. The minimum Gasteiger partial charge on any atom is -0.457 e. The lowest BCUT2D eigenvalue weighted by molar-refractivity contribution is -0.385. The number of esters is 1. The van der Waals surface area contributed by atoms with Crippen LogP contribution in [-0.4, -0.2) is 10.9 Å². The zero-order valence-corrected chi connectivity index (χ0v) is 13.1. The van der Waals surface area contributed by atoms with Crippen LogP contribution in [0.15, 0.2) is 60.7 Å². The van der Waals surface area contributed by atoms with Gasteiger partial charge in [0, 0.05) is 11.6 Å². The molecule has 24 heavy (non-hydrogen) atoms. The highest BCUT2D eigenvalue weighted by Crippen LogP contribution is 2.21. The summed E-state index contributed by atoms with van der Waals surface area (Å²) in [7, 11) is 0. The van der Waals surface area contributed by atoms with Crippen molar-refractivity contribution in [2.75, 3.05) is 0 Å². The minimum atomic E-state index is -0.499. The van der Waals surface area contributed by atoms with Crippen molar-refractivity contribution in [1.29, 1.82) is 0 Å². The Morgan fingerprint density at radius 2 is 1.83 bits per heavy atom. The Hall–Kier alpha value is -3.21. The summed E-state index contributed by atoms with van der Waals surface area (Å²) >= 11 is 0. The number of ether oxygens (including phenoxy) is 1.